The van der Waals surface area contributed by atoms with Crippen LogP contribution in [0.5, 0.6) is 5.75 Å². The number of hydrogen-bond acceptors (Lipinski definition) is 8. The second-order valence-corrected chi connectivity index (χ2v) is 7.57. The van der Waals surface area contributed by atoms with Gasteiger partial charge in [-0.3, -0.25) is 0 Å². The summed E-state index contributed by atoms with van der Waals surface area (Å²) in [4.78, 5) is 16.3. The first kappa shape index (κ1) is 18.6. The van der Waals surface area contributed by atoms with Crippen LogP contribution >= 0.6 is 0 Å². The van der Waals surface area contributed by atoms with E-state index in [1.165, 1.54) is 18.2 Å². The highest BCUT2D eigenvalue weighted by Crippen LogP contribution is 2.20. The molecule has 0 atom stereocenters. The Morgan fingerprint density at radius 2 is 1.81 bits per heavy atom. The van der Waals surface area contributed by atoms with Crippen molar-refractivity contribution in [3.05, 3.63) is 60.0 Å². The topological polar surface area (TPSA) is 109 Å². The van der Waals surface area contributed by atoms with Gasteiger partial charge in [-0.25, -0.2) is 13.2 Å². The van der Waals surface area contributed by atoms with Gasteiger partial charge in [0.15, 0.2) is 16.4 Å². The van der Waals surface area contributed by atoms with Gasteiger partial charge in [0.25, 0.3) is 5.89 Å². The first-order valence-electron chi connectivity index (χ1n) is 7.81. The molecule has 0 aliphatic heterocycles. The van der Waals surface area contributed by atoms with Gasteiger partial charge in [-0.2, -0.15) is 4.98 Å². The number of sulfone groups is 1. The number of nitrogens with zero attached hydrogens (tertiary/aromatic N) is 2. The molecule has 0 saturated carbocycles. The van der Waals surface area contributed by atoms with Crippen LogP contribution in [0.1, 0.15) is 16.2 Å². The molecule has 0 amide bonds. The number of carbonyl (C=O) groups excluding carboxylic acids is 1. The van der Waals surface area contributed by atoms with Crippen LogP contribution in [0.15, 0.2) is 57.9 Å². The molecular weight excluding hydrogens is 372 g/mol. The summed E-state index contributed by atoms with van der Waals surface area (Å²) in [6, 6.07) is 12.9. The van der Waals surface area contributed by atoms with Crippen molar-refractivity contribution >= 4 is 15.8 Å². The molecule has 0 radical (unpaired) electrons. The van der Waals surface area contributed by atoms with E-state index in [-0.39, 0.29) is 23.0 Å². The Hall–Kier alpha value is -3.20. The molecule has 0 bridgehead atoms. The lowest BCUT2D eigenvalue weighted by Gasteiger charge is -2.06. The smallest absolute Gasteiger partial charge is 0.339 e. The normalized spacial score (nSPS) is 11.2. The lowest BCUT2D eigenvalue weighted by atomic mass is 10.2. The molecular formula is C18H16N2O6S. The minimum Gasteiger partial charge on any atom is -0.497 e. The van der Waals surface area contributed by atoms with Gasteiger partial charge in [0.05, 0.1) is 17.6 Å². The van der Waals surface area contributed by atoms with Crippen LogP contribution in [0.25, 0.3) is 11.4 Å². The third-order valence-corrected chi connectivity index (χ3v) is 4.80. The maximum absolute atomic E-state index is 12.2. The van der Waals surface area contributed by atoms with Gasteiger partial charge < -0.3 is 14.0 Å². The monoisotopic (exact) mass is 388 g/mol. The molecule has 2 aromatic carbocycles. The molecule has 0 saturated heterocycles. The van der Waals surface area contributed by atoms with Crippen molar-refractivity contribution in [1.29, 1.82) is 0 Å². The predicted octanol–water partition coefficient (Wildman–Crippen LogP) is 2.51. The first-order valence-corrected chi connectivity index (χ1v) is 9.71. The molecule has 1 aromatic heterocycles. The lowest BCUT2D eigenvalue weighted by Crippen LogP contribution is -2.11. The van der Waals surface area contributed by atoms with Crippen LogP contribution in [-0.4, -0.2) is 37.9 Å². The zero-order chi connectivity index (χ0) is 19.4. The molecule has 0 aliphatic carbocycles. The number of carbonyl (C=O) groups is 1. The van der Waals surface area contributed by atoms with Crippen LogP contribution in [0.3, 0.4) is 0 Å². The molecule has 0 spiro atoms. The summed E-state index contributed by atoms with van der Waals surface area (Å²) in [6.45, 7) is -0.278. The fourth-order valence-corrected chi connectivity index (χ4v) is 3.21. The SMILES string of the molecule is COc1ccc(-c2noc(COC(=O)c3ccccc3S(C)(=O)=O)n2)cc1. The largest absolute Gasteiger partial charge is 0.497 e. The minimum atomic E-state index is -3.56. The number of ether oxygens (including phenoxy) is 2. The summed E-state index contributed by atoms with van der Waals surface area (Å²) in [7, 11) is -1.99. The quantitative estimate of drug-likeness (QED) is 0.593. The van der Waals surface area contributed by atoms with Crippen molar-refractivity contribution in [3.8, 4) is 17.1 Å². The minimum absolute atomic E-state index is 0.0464. The average molecular weight is 388 g/mol. The third-order valence-electron chi connectivity index (χ3n) is 3.65. The van der Waals surface area contributed by atoms with Crippen LogP contribution in [0.4, 0.5) is 0 Å². The van der Waals surface area contributed by atoms with E-state index < -0.39 is 15.8 Å². The Morgan fingerprint density at radius 3 is 2.48 bits per heavy atom. The first-order chi connectivity index (χ1) is 12.9. The van der Waals surface area contributed by atoms with E-state index in [9.17, 15) is 13.2 Å². The van der Waals surface area contributed by atoms with Gasteiger partial charge in [0, 0.05) is 11.8 Å². The van der Waals surface area contributed by atoms with Crippen LogP contribution in [-0.2, 0) is 21.2 Å². The van der Waals surface area contributed by atoms with E-state index >= 15 is 0 Å². The van der Waals surface area contributed by atoms with E-state index in [4.69, 9.17) is 14.0 Å². The Morgan fingerprint density at radius 1 is 1.11 bits per heavy atom. The highest BCUT2D eigenvalue weighted by atomic mass is 32.2. The molecule has 0 aliphatic rings. The third kappa shape index (κ3) is 4.32. The second-order valence-electron chi connectivity index (χ2n) is 5.58. The van der Waals surface area contributed by atoms with Crippen LogP contribution in [0, 0.1) is 0 Å². The van der Waals surface area contributed by atoms with Crippen molar-refractivity contribution in [3.63, 3.8) is 0 Å². The van der Waals surface area contributed by atoms with Crippen molar-refractivity contribution in [2.45, 2.75) is 11.5 Å². The van der Waals surface area contributed by atoms with Gasteiger partial charge in [0.2, 0.25) is 5.82 Å². The standard InChI is InChI=1S/C18H16N2O6S/c1-24-13-9-7-12(8-10-13)17-19-16(26-20-17)11-25-18(21)14-5-3-4-6-15(14)27(2,22)23/h3-10H,11H2,1-2H3. The van der Waals surface area contributed by atoms with E-state index in [1.54, 1.807) is 37.4 Å². The van der Waals surface area contributed by atoms with Crippen molar-refractivity contribution in [2.75, 3.05) is 13.4 Å². The number of aromatic nitrogens is 2. The van der Waals surface area contributed by atoms with Crippen molar-refractivity contribution in [2.24, 2.45) is 0 Å². The highest BCUT2D eigenvalue weighted by Gasteiger charge is 2.20. The number of esters is 1. The fraction of sp³-hybridized carbons (Fsp3) is 0.167. The number of benzene rings is 2. The van der Waals surface area contributed by atoms with Gasteiger partial charge in [-0.1, -0.05) is 17.3 Å². The molecule has 3 rings (SSSR count). The van der Waals surface area contributed by atoms with E-state index in [0.717, 1.165) is 6.26 Å². The van der Waals surface area contributed by atoms with Crippen LogP contribution in [0.2, 0.25) is 0 Å². The lowest BCUT2D eigenvalue weighted by molar-refractivity contribution is 0.0425. The van der Waals surface area contributed by atoms with E-state index in [1.807, 2.05) is 0 Å². The molecule has 9 heteroatoms. The maximum atomic E-state index is 12.2. The number of methoxy groups -OCH3 is 1. The Balaban J connectivity index is 1.71. The summed E-state index contributed by atoms with van der Waals surface area (Å²) in [6.07, 6.45) is 1.03. The molecule has 27 heavy (non-hydrogen) atoms. The maximum Gasteiger partial charge on any atom is 0.339 e. The average Bonchev–Trinajstić information content (AvgIpc) is 3.14. The van der Waals surface area contributed by atoms with E-state index in [0.29, 0.717) is 17.1 Å². The van der Waals surface area contributed by atoms with Crippen molar-refractivity contribution in [1.82, 2.24) is 10.1 Å². The Bertz CT molecular complexity index is 1060. The predicted molar refractivity (Wildman–Crippen MR) is 95.0 cm³/mol. The molecule has 0 fully saturated rings. The fourth-order valence-electron chi connectivity index (χ4n) is 2.33. The molecule has 0 N–H and O–H groups in total. The van der Waals surface area contributed by atoms with Gasteiger partial charge in [-0.15, -0.1) is 0 Å². The highest BCUT2D eigenvalue weighted by molar-refractivity contribution is 7.90. The zero-order valence-electron chi connectivity index (χ0n) is 14.6. The second kappa shape index (κ2) is 7.58. The summed E-state index contributed by atoms with van der Waals surface area (Å²) < 4.78 is 38.8. The zero-order valence-corrected chi connectivity index (χ0v) is 15.4. The molecule has 3 aromatic rings. The Labute approximate surface area is 155 Å². The summed E-state index contributed by atoms with van der Waals surface area (Å²) in [5.74, 6) is 0.326. The molecule has 140 valence electrons. The van der Waals surface area contributed by atoms with Crippen molar-refractivity contribution < 1.29 is 27.2 Å². The molecule has 8 nitrogen and oxygen atoms in total. The van der Waals surface area contributed by atoms with Gasteiger partial charge in [-0.05, 0) is 36.4 Å². The molecule has 0 unspecified atom stereocenters. The summed E-state index contributed by atoms with van der Waals surface area (Å²) in [5.41, 5.74) is 0.662. The summed E-state index contributed by atoms with van der Waals surface area (Å²) in [5, 5.41) is 3.84. The van der Waals surface area contributed by atoms with Gasteiger partial charge in [0.1, 0.15) is 5.75 Å². The van der Waals surface area contributed by atoms with E-state index in [2.05, 4.69) is 10.1 Å². The number of hydrogen-bond donors (Lipinski definition) is 0. The summed E-state index contributed by atoms with van der Waals surface area (Å²) >= 11 is 0. The molecule has 1 heterocycles. The number of rotatable bonds is 6. The van der Waals surface area contributed by atoms with Crippen LogP contribution < -0.4 is 4.74 Å². The van der Waals surface area contributed by atoms with Gasteiger partial charge >= 0.3 is 5.97 Å². The Kier molecular flexibility index (Phi) is 5.22.